The highest BCUT2D eigenvalue weighted by Gasteiger charge is 2.66. The van der Waals surface area contributed by atoms with Gasteiger partial charge in [-0.15, -0.1) is 0 Å². The van der Waals surface area contributed by atoms with Crippen molar-refractivity contribution >= 4 is 0 Å². The minimum atomic E-state index is -0.250. The molecule has 2 aliphatic heterocycles. The molecule has 3 nitrogen and oxygen atoms in total. The lowest BCUT2D eigenvalue weighted by atomic mass is 9.58. The summed E-state index contributed by atoms with van der Waals surface area (Å²) >= 11 is 0. The molecule has 3 aliphatic rings. The first-order chi connectivity index (χ1) is 4.33. The number of aliphatic hydroxyl groups excluding tert-OH is 2. The molecule has 2 heterocycles. The van der Waals surface area contributed by atoms with Crippen molar-refractivity contribution in [1.29, 1.82) is 0 Å². The maximum absolute atomic E-state index is 8.80. The summed E-state index contributed by atoms with van der Waals surface area (Å²) in [6.07, 6.45) is 1.33. The van der Waals surface area contributed by atoms with Gasteiger partial charge in [0.15, 0.2) is 0 Å². The number of rotatable bonds is 2. The van der Waals surface area contributed by atoms with E-state index in [0.717, 1.165) is 6.42 Å². The van der Waals surface area contributed by atoms with Gasteiger partial charge in [-0.3, -0.25) is 0 Å². The van der Waals surface area contributed by atoms with Crippen molar-refractivity contribution in [2.45, 2.75) is 18.6 Å². The average Bonchev–Trinajstić information content (AvgIpc) is 1.61. The molecule has 1 saturated carbocycles. The Balaban J connectivity index is 2.06. The van der Waals surface area contributed by atoms with Gasteiger partial charge in [-0.1, -0.05) is 0 Å². The first-order valence-corrected chi connectivity index (χ1v) is 3.20. The van der Waals surface area contributed by atoms with Crippen LogP contribution in [0.4, 0.5) is 0 Å². The topological polar surface area (TPSA) is 49.7 Å². The Hall–Kier alpha value is -0.120. The summed E-state index contributed by atoms with van der Waals surface area (Å²) < 4.78 is 5.11. The molecule has 2 bridgehead atoms. The Kier molecular flexibility index (Phi) is 0.928. The minimum Gasteiger partial charge on any atom is -0.395 e. The van der Waals surface area contributed by atoms with Gasteiger partial charge in [-0.05, 0) is 0 Å². The highest BCUT2D eigenvalue weighted by Crippen LogP contribution is 2.56. The molecule has 0 aromatic heterocycles. The Morgan fingerprint density at radius 1 is 1.33 bits per heavy atom. The van der Waals surface area contributed by atoms with Crippen molar-refractivity contribution in [2.24, 2.45) is 5.41 Å². The van der Waals surface area contributed by atoms with Gasteiger partial charge >= 0.3 is 0 Å². The van der Waals surface area contributed by atoms with Gasteiger partial charge in [0.05, 0.1) is 30.8 Å². The zero-order valence-corrected chi connectivity index (χ0v) is 5.08. The summed E-state index contributed by atoms with van der Waals surface area (Å²) in [7, 11) is 0. The molecule has 9 heavy (non-hydrogen) atoms. The molecule has 52 valence electrons. The smallest absolute Gasteiger partial charge is 0.0729 e. The van der Waals surface area contributed by atoms with Crippen LogP contribution in [0.1, 0.15) is 6.42 Å². The quantitative estimate of drug-likeness (QED) is 0.510. The third kappa shape index (κ3) is 0.407. The van der Waals surface area contributed by atoms with Crippen molar-refractivity contribution in [1.82, 2.24) is 0 Å². The second-order valence-corrected chi connectivity index (χ2v) is 2.90. The Bertz CT molecular complexity index is 114. The van der Waals surface area contributed by atoms with Gasteiger partial charge in [-0.2, -0.15) is 0 Å². The molecule has 0 radical (unpaired) electrons. The van der Waals surface area contributed by atoms with Crippen LogP contribution in [0, 0.1) is 5.41 Å². The van der Waals surface area contributed by atoms with Crippen molar-refractivity contribution in [3.8, 4) is 0 Å². The van der Waals surface area contributed by atoms with Crippen LogP contribution in [0.25, 0.3) is 0 Å². The molecular formula is C6H10O3. The van der Waals surface area contributed by atoms with Crippen LogP contribution in [0.2, 0.25) is 0 Å². The summed E-state index contributed by atoms with van der Waals surface area (Å²) in [6, 6.07) is 0. The molecule has 3 rings (SSSR count). The standard InChI is InChI=1S/C6H10O3/c7-2-6(3-8)4-1-5(6)9-4/h4-5,7-8H,1-3H2. The third-order valence-corrected chi connectivity index (χ3v) is 2.63. The van der Waals surface area contributed by atoms with Gasteiger partial charge < -0.3 is 14.9 Å². The van der Waals surface area contributed by atoms with Crippen molar-refractivity contribution < 1.29 is 14.9 Å². The maximum Gasteiger partial charge on any atom is 0.0729 e. The number of hydrogen-bond donors (Lipinski definition) is 2. The summed E-state index contributed by atoms with van der Waals surface area (Å²) in [6.45, 7) is 0.137. The lowest BCUT2D eigenvalue weighted by Gasteiger charge is -2.65. The van der Waals surface area contributed by atoms with Crippen LogP contribution in [-0.2, 0) is 4.74 Å². The first-order valence-electron chi connectivity index (χ1n) is 3.20. The molecule has 0 spiro atoms. The largest absolute Gasteiger partial charge is 0.395 e. The maximum atomic E-state index is 8.80. The fraction of sp³-hybridized carbons (Fsp3) is 1.00. The highest BCUT2D eigenvalue weighted by molar-refractivity contribution is 5.13. The molecule has 2 saturated heterocycles. The van der Waals surface area contributed by atoms with Gasteiger partial charge in [-0.25, -0.2) is 0 Å². The lowest BCUT2D eigenvalue weighted by Crippen LogP contribution is -2.75. The van der Waals surface area contributed by atoms with Crippen LogP contribution in [0.3, 0.4) is 0 Å². The molecule has 2 unspecified atom stereocenters. The molecular weight excluding hydrogens is 120 g/mol. The number of aliphatic hydroxyl groups is 2. The second kappa shape index (κ2) is 1.48. The van der Waals surface area contributed by atoms with E-state index in [1.807, 2.05) is 0 Å². The summed E-state index contributed by atoms with van der Waals surface area (Å²) in [5.41, 5.74) is -0.250. The SMILES string of the molecule is OCC1(CO)C2CC1O2. The molecule has 0 amide bonds. The fourth-order valence-electron chi connectivity index (χ4n) is 1.55. The van der Waals surface area contributed by atoms with E-state index < -0.39 is 0 Å². The van der Waals surface area contributed by atoms with Crippen LogP contribution in [-0.4, -0.2) is 35.6 Å². The summed E-state index contributed by atoms with van der Waals surface area (Å²) in [5.74, 6) is 0. The van der Waals surface area contributed by atoms with Gasteiger partial charge in [0.1, 0.15) is 0 Å². The number of ether oxygens (including phenoxy) is 1. The lowest BCUT2D eigenvalue weighted by molar-refractivity contribution is -0.371. The first kappa shape index (κ1) is 5.65. The predicted octanol–water partition coefficient (Wildman–Crippen LogP) is -0.872. The van der Waals surface area contributed by atoms with Crippen LogP contribution in [0.15, 0.2) is 0 Å². The average molecular weight is 130 g/mol. The third-order valence-electron chi connectivity index (χ3n) is 2.63. The Labute approximate surface area is 53.3 Å². The normalized spacial score (nSPS) is 43.3. The van der Waals surface area contributed by atoms with E-state index in [-0.39, 0.29) is 30.8 Å². The van der Waals surface area contributed by atoms with Crippen LogP contribution >= 0.6 is 0 Å². The molecule has 2 atom stereocenters. The van der Waals surface area contributed by atoms with E-state index in [9.17, 15) is 0 Å². The van der Waals surface area contributed by atoms with Crippen LogP contribution in [0.5, 0.6) is 0 Å². The van der Waals surface area contributed by atoms with Crippen molar-refractivity contribution in [3.05, 3.63) is 0 Å². The van der Waals surface area contributed by atoms with E-state index in [2.05, 4.69) is 0 Å². The second-order valence-electron chi connectivity index (χ2n) is 2.90. The van der Waals surface area contributed by atoms with Gasteiger partial charge in [0, 0.05) is 6.42 Å². The zero-order valence-electron chi connectivity index (χ0n) is 5.08. The van der Waals surface area contributed by atoms with E-state index in [1.165, 1.54) is 0 Å². The summed E-state index contributed by atoms with van der Waals surface area (Å²) in [4.78, 5) is 0. The van der Waals surface area contributed by atoms with Crippen LogP contribution < -0.4 is 0 Å². The Morgan fingerprint density at radius 2 is 1.78 bits per heavy atom. The molecule has 3 heteroatoms. The van der Waals surface area contributed by atoms with Gasteiger partial charge in [0.2, 0.25) is 0 Å². The van der Waals surface area contributed by atoms with E-state index >= 15 is 0 Å². The summed E-state index contributed by atoms with van der Waals surface area (Å²) in [5, 5.41) is 17.6. The molecule has 1 aliphatic carbocycles. The van der Waals surface area contributed by atoms with Crippen molar-refractivity contribution in [3.63, 3.8) is 0 Å². The molecule has 2 N–H and O–H groups in total. The highest BCUT2D eigenvalue weighted by atomic mass is 16.6. The monoisotopic (exact) mass is 130 g/mol. The predicted molar refractivity (Wildman–Crippen MR) is 29.9 cm³/mol. The Morgan fingerprint density at radius 3 is 1.78 bits per heavy atom. The number of hydrogen-bond acceptors (Lipinski definition) is 3. The zero-order chi connectivity index (χ0) is 6.48. The fourth-order valence-corrected chi connectivity index (χ4v) is 1.55. The van der Waals surface area contributed by atoms with Gasteiger partial charge in [0.25, 0.3) is 0 Å². The molecule has 3 fully saturated rings. The molecule has 0 aromatic carbocycles. The minimum absolute atomic E-state index is 0.0683. The van der Waals surface area contributed by atoms with E-state index in [4.69, 9.17) is 14.9 Å². The van der Waals surface area contributed by atoms with E-state index in [1.54, 1.807) is 0 Å². The molecule has 0 aromatic rings. The van der Waals surface area contributed by atoms with Crippen molar-refractivity contribution in [2.75, 3.05) is 13.2 Å². The van der Waals surface area contributed by atoms with E-state index in [0.29, 0.717) is 0 Å².